The van der Waals surface area contributed by atoms with E-state index >= 15 is 0 Å². The minimum atomic E-state index is -0.326. The molecule has 150 valence electrons. The van der Waals surface area contributed by atoms with Crippen molar-refractivity contribution in [3.05, 3.63) is 59.1 Å². The molecular formula is C22H22ClN3O2S. The molecule has 4 rings (SSSR count). The number of hydrogen-bond donors (Lipinski definition) is 1. The number of carbonyl (C=O) groups is 1. The molecule has 0 atom stereocenters. The van der Waals surface area contributed by atoms with E-state index in [0.29, 0.717) is 16.5 Å². The number of aliphatic imine (C=N–C) groups is 2. The number of ether oxygens (including phenoxy) is 1. The number of halogens is 1. The van der Waals surface area contributed by atoms with Gasteiger partial charge in [-0.1, -0.05) is 53.7 Å². The molecule has 2 aromatic rings. The van der Waals surface area contributed by atoms with Gasteiger partial charge in [-0.05, 0) is 43.9 Å². The number of amides is 1. The van der Waals surface area contributed by atoms with Crippen molar-refractivity contribution in [2.45, 2.75) is 31.3 Å². The molecule has 1 aliphatic heterocycles. The first kappa shape index (κ1) is 20.0. The molecule has 1 spiro atoms. The molecule has 0 bridgehead atoms. The lowest BCUT2D eigenvalue weighted by molar-refractivity contribution is -0.113. The second-order valence-corrected chi connectivity index (χ2v) is 8.49. The summed E-state index contributed by atoms with van der Waals surface area (Å²) >= 11 is 7.57. The third-order valence-electron chi connectivity index (χ3n) is 5.06. The molecule has 0 unspecified atom stereocenters. The van der Waals surface area contributed by atoms with E-state index in [1.807, 2.05) is 30.3 Å². The number of benzene rings is 2. The van der Waals surface area contributed by atoms with Crippen LogP contribution in [0, 0.1) is 0 Å². The number of methoxy groups -OCH3 is 1. The molecule has 2 aliphatic rings. The van der Waals surface area contributed by atoms with Crippen LogP contribution in [0.25, 0.3) is 0 Å². The topological polar surface area (TPSA) is 63.0 Å². The van der Waals surface area contributed by atoms with E-state index in [2.05, 4.69) is 5.32 Å². The average Bonchev–Trinajstić information content (AvgIpc) is 3.34. The van der Waals surface area contributed by atoms with Gasteiger partial charge in [0.15, 0.2) is 5.66 Å². The zero-order chi connectivity index (χ0) is 20.3. The van der Waals surface area contributed by atoms with Crippen molar-refractivity contribution in [1.82, 2.24) is 0 Å². The SMILES string of the molecule is COc1ccc(NC(=O)CSC2=NC3(CCCC3)N=C2c2ccccc2)cc1Cl. The summed E-state index contributed by atoms with van der Waals surface area (Å²) in [6.45, 7) is 0. The van der Waals surface area contributed by atoms with Gasteiger partial charge in [0.1, 0.15) is 10.8 Å². The van der Waals surface area contributed by atoms with E-state index in [1.54, 1.807) is 25.3 Å². The highest BCUT2D eigenvalue weighted by Crippen LogP contribution is 2.40. The Morgan fingerprint density at radius 3 is 2.62 bits per heavy atom. The molecule has 0 aromatic heterocycles. The van der Waals surface area contributed by atoms with E-state index in [9.17, 15) is 4.79 Å². The van der Waals surface area contributed by atoms with Crippen LogP contribution < -0.4 is 10.1 Å². The Balaban J connectivity index is 1.45. The van der Waals surface area contributed by atoms with E-state index in [-0.39, 0.29) is 17.3 Å². The van der Waals surface area contributed by atoms with E-state index in [1.165, 1.54) is 11.8 Å². The molecular weight excluding hydrogens is 406 g/mol. The Morgan fingerprint density at radius 1 is 1.17 bits per heavy atom. The van der Waals surface area contributed by atoms with Gasteiger partial charge >= 0.3 is 0 Å². The first-order valence-corrected chi connectivity index (χ1v) is 11.0. The van der Waals surface area contributed by atoms with Crippen molar-refractivity contribution >= 4 is 45.7 Å². The fraction of sp³-hybridized carbons (Fsp3) is 0.318. The molecule has 2 aromatic carbocycles. The molecule has 7 heteroatoms. The Bertz CT molecular complexity index is 969. The van der Waals surface area contributed by atoms with Crippen LogP contribution in [0.2, 0.25) is 5.02 Å². The van der Waals surface area contributed by atoms with Crippen LogP contribution in [0.15, 0.2) is 58.5 Å². The van der Waals surface area contributed by atoms with E-state index < -0.39 is 0 Å². The van der Waals surface area contributed by atoms with Crippen LogP contribution in [-0.2, 0) is 4.79 Å². The molecule has 0 radical (unpaired) electrons. The number of thioether (sulfide) groups is 1. The first-order valence-electron chi connectivity index (χ1n) is 9.60. The average molecular weight is 428 g/mol. The third-order valence-corrected chi connectivity index (χ3v) is 6.32. The lowest BCUT2D eigenvalue weighted by atomic mass is 10.1. The van der Waals surface area contributed by atoms with Crippen molar-refractivity contribution in [2.24, 2.45) is 9.98 Å². The number of anilines is 1. The van der Waals surface area contributed by atoms with Crippen LogP contribution in [0.1, 0.15) is 31.2 Å². The summed E-state index contributed by atoms with van der Waals surface area (Å²) in [4.78, 5) is 22.4. The molecule has 1 aliphatic carbocycles. The molecule has 1 heterocycles. The maximum absolute atomic E-state index is 12.5. The van der Waals surface area contributed by atoms with Crippen molar-refractivity contribution < 1.29 is 9.53 Å². The second-order valence-electron chi connectivity index (χ2n) is 7.12. The Morgan fingerprint density at radius 2 is 1.93 bits per heavy atom. The molecule has 1 N–H and O–H groups in total. The summed E-state index contributed by atoms with van der Waals surface area (Å²) in [7, 11) is 1.56. The quantitative estimate of drug-likeness (QED) is 0.713. The number of nitrogens with zero attached hydrogens (tertiary/aromatic N) is 2. The van der Waals surface area contributed by atoms with Gasteiger partial charge in [-0.3, -0.25) is 9.79 Å². The van der Waals surface area contributed by atoms with Crippen molar-refractivity contribution in [3.63, 3.8) is 0 Å². The predicted molar refractivity (Wildman–Crippen MR) is 121 cm³/mol. The van der Waals surface area contributed by atoms with Crippen molar-refractivity contribution in [3.8, 4) is 5.75 Å². The van der Waals surface area contributed by atoms with Gasteiger partial charge < -0.3 is 10.1 Å². The van der Waals surface area contributed by atoms with Crippen LogP contribution in [0.3, 0.4) is 0 Å². The lowest BCUT2D eigenvalue weighted by Gasteiger charge is -2.14. The third kappa shape index (κ3) is 4.49. The van der Waals surface area contributed by atoms with Gasteiger partial charge in [-0.25, -0.2) is 4.99 Å². The summed E-state index contributed by atoms with van der Waals surface area (Å²) in [5.74, 6) is 0.716. The zero-order valence-electron chi connectivity index (χ0n) is 16.2. The summed E-state index contributed by atoms with van der Waals surface area (Å²) in [5, 5.41) is 4.19. The minimum absolute atomic E-state index is 0.112. The van der Waals surface area contributed by atoms with Gasteiger partial charge in [0, 0.05) is 11.3 Å². The zero-order valence-corrected chi connectivity index (χ0v) is 17.7. The fourth-order valence-electron chi connectivity index (χ4n) is 3.65. The molecule has 1 fully saturated rings. The normalized spacial score (nSPS) is 17.2. The molecule has 29 heavy (non-hydrogen) atoms. The summed E-state index contributed by atoms with van der Waals surface area (Å²) < 4.78 is 5.14. The standard InChI is InChI=1S/C22H22ClN3O2S/c1-28-18-10-9-16(13-17(18)23)24-19(27)14-29-21-20(15-7-3-2-4-8-15)25-22(26-21)11-5-6-12-22/h2-4,7-10,13H,5-6,11-12,14H2,1H3,(H,24,27). The van der Waals surface area contributed by atoms with Gasteiger partial charge in [0.05, 0.1) is 23.6 Å². The van der Waals surface area contributed by atoms with Gasteiger partial charge in [0.25, 0.3) is 0 Å². The van der Waals surface area contributed by atoms with Crippen LogP contribution in [0.5, 0.6) is 5.75 Å². The number of carbonyl (C=O) groups excluding carboxylic acids is 1. The van der Waals surface area contributed by atoms with Crippen LogP contribution in [-0.4, -0.2) is 35.2 Å². The lowest BCUT2D eigenvalue weighted by Crippen LogP contribution is -2.17. The largest absolute Gasteiger partial charge is 0.495 e. The first-order chi connectivity index (χ1) is 14.1. The van der Waals surface area contributed by atoms with Crippen molar-refractivity contribution in [1.29, 1.82) is 0 Å². The summed E-state index contributed by atoms with van der Waals surface area (Å²) in [6, 6.07) is 15.3. The van der Waals surface area contributed by atoms with Crippen LogP contribution in [0.4, 0.5) is 5.69 Å². The maximum Gasteiger partial charge on any atom is 0.234 e. The highest BCUT2D eigenvalue weighted by atomic mass is 35.5. The van der Waals surface area contributed by atoms with Gasteiger partial charge in [-0.2, -0.15) is 0 Å². The Labute approximate surface area is 179 Å². The number of hydrogen-bond acceptors (Lipinski definition) is 5. The molecule has 5 nitrogen and oxygen atoms in total. The monoisotopic (exact) mass is 427 g/mol. The number of rotatable bonds is 5. The molecule has 1 saturated carbocycles. The van der Waals surface area contributed by atoms with E-state index in [0.717, 1.165) is 42.0 Å². The van der Waals surface area contributed by atoms with Gasteiger partial charge in [-0.15, -0.1) is 0 Å². The van der Waals surface area contributed by atoms with Gasteiger partial charge in [0.2, 0.25) is 5.91 Å². The smallest absolute Gasteiger partial charge is 0.234 e. The fourth-order valence-corrected chi connectivity index (χ4v) is 4.78. The molecule has 1 amide bonds. The summed E-state index contributed by atoms with van der Waals surface area (Å²) in [5.41, 5.74) is 2.26. The summed E-state index contributed by atoms with van der Waals surface area (Å²) in [6.07, 6.45) is 4.24. The maximum atomic E-state index is 12.5. The number of nitrogens with one attached hydrogen (secondary N) is 1. The highest BCUT2D eigenvalue weighted by Gasteiger charge is 2.39. The Hall–Kier alpha value is -2.31. The van der Waals surface area contributed by atoms with E-state index in [4.69, 9.17) is 26.3 Å². The van der Waals surface area contributed by atoms with Crippen molar-refractivity contribution in [2.75, 3.05) is 18.2 Å². The van der Waals surface area contributed by atoms with Crippen LogP contribution >= 0.6 is 23.4 Å². The highest BCUT2D eigenvalue weighted by molar-refractivity contribution is 8.16. The Kier molecular flexibility index (Phi) is 5.92. The molecule has 0 saturated heterocycles. The second kappa shape index (κ2) is 8.59. The minimum Gasteiger partial charge on any atom is -0.495 e. The predicted octanol–water partition coefficient (Wildman–Crippen LogP) is 5.19.